The van der Waals surface area contributed by atoms with Crippen molar-refractivity contribution >= 4 is 23.7 Å². The van der Waals surface area contributed by atoms with Crippen LogP contribution in [0.1, 0.15) is 31.2 Å². The third-order valence-electron chi connectivity index (χ3n) is 5.47. The number of carbonyl (C=O) groups excluding carboxylic acids is 2. The average Bonchev–Trinajstić information content (AvgIpc) is 3.02. The highest BCUT2D eigenvalue weighted by atomic mass is 32.2. The van der Waals surface area contributed by atoms with Crippen LogP contribution in [-0.2, 0) is 4.79 Å². The number of nitrogens with one attached hydrogen (secondary N) is 2. The molecule has 0 aromatic heterocycles. The first-order valence-corrected chi connectivity index (χ1v) is 11.1. The van der Waals surface area contributed by atoms with Crippen molar-refractivity contribution in [3.05, 3.63) is 35.6 Å². The summed E-state index contributed by atoms with van der Waals surface area (Å²) in [6, 6.07) is 6.75. The third kappa shape index (κ3) is 4.60. The molecule has 0 saturated carbocycles. The van der Waals surface area contributed by atoms with Crippen molar-refractivity contribution in [3.8, 4) is 0 Å². The van der Waals surface area contributed by atoms with Crippen LogP contribution in [0.5, 0.6) is 0 Å². The van der Waals surface area contributed by atoms with E-state index in [0.717, 1.165) is 39.1 Å². The van der Waals surface area contributed by atoms with Gasteiger partial charge in [0.1, 0.15) is 11.2 Å². The van der Waals surface area contributed by atoms with E-state index < -0.39 is 0 Å². The molecule has 154 valence electrons. The molecule has 0 aliphatic carbocycles. The Bertz CT molecular complexity index is 697. The lowest BCUT2D eigenvalue weighted by Gasteiger charge is -2.33. The molecule has 2 atom stereocenters. The second-order valence-electron chi connectivity index (χ2n) is 7.26. The maximum Gasteiger partial charge on any atom is 0.317 e. The molecule has 3 amide bonds. The quantitative estimate of drug-likeness (QED) is 0.740. The molecule has 0 radical (unpaired) electrons. The Morgan fingerprint density at radius 1 is 1.29 bits per heavy atom. The predicted octanol–water partition coefficient (Wildman–Crippen LogP) is 1.11. The van der Waals surface area contributed by atoms with Crippen LogP contribution in [0.15, 0.2) is 24.3 Å². The fourth-order valence-corrected chi connectivity index (χ4v) is 5.27. The first-order valence-electron chi connectivity index (χ1n) is 10.1. The largest absolute Gasteiger partial charge is 0.338 e. The van der Waals surface area contributed by atoms with Crippen LogP contribution in [-0.4, -0.2) is 72.8 Å². The molecule has 1 aromatic carbocycles. The van der Waals surface area contributed by atoms with E-state index in [1.807, 2.05) is 29.7 Å². The number of quaternary nitrogens is 1. The normalized spacial score (nSPS) is 23.3. The number of carbonyl (C=O) groups is 2. The Balaban J connectivity index is 1.60. The summed E-state index contributed by atoms with van der Waals surface area (Å²) in [4.78, 5) is 29.8. The van der Waals surface area contributed by atoms with E-state index in [-0.39, 0.29) is 28.4 Å². The number of nitrogens with zero attached hydrogens (tertiary/aromatic N) is 2. The number of benzene rings is 1. The molecule has 0 bridgehead atoms. The second kappa shape index (κ2) is 9.60. The van der Waals surface area contributed by atoms with Gasteiger partial charge in [0.15, 0.2) is 0 Å². The lowest BCUT2D eigenvalue weighted by Crippen LogP contribution is -3.15. The smallest absolute Gasteiger partial charge is 0.317 e. The van der Waals surface area contributed by atoms with Crippen LogP contribution >= 0.6 is 11.8 Å². The van der Waals surface area contributed by atoms with Crippen LogP contribution < -0.4 is 10.2 Å². The van der Waals surface area contributed by atoms with E-state index in [1.165, 1.54) is 11.0 Å². The molecule has 8 heteroatoms. The van der Waals surface area contributed by atoms with Gasteiger partial charge in [-0.25, -0.2) is 9.18 Å². The maximum atomic E-state index is 14.3. The Labute approximate surface area is 170 Å². The van der Waals surface area contributed by atoms with Crippen molar-refractivity contribution in [1.82, 2.24) is 15.1 Å². The van der Waals surface area contributed by atoms with E-state index in [4.69, 9.17) is 0 Å². The highest BCUT2D eigenvalue weighted by Crippen LogP contribution is 2.44. The minimum Gasteiger partial charge on any atom is -0.338 e. The molecule has 3 rings (SSSR count). The Kier molecular flexibility index (Phi) is 7.18. The highest BCUT2D eigenvalue weighted by molar-refractivity contribution is 8.01. The first-order chi connectivity index (χ1) is 13.5. The number of thioether (sulfide) groups is 1. The van der Waals surface area contributed by atoms with Crippen molar-refractivity contribution in [3.63, 3.8) is 0 Å². The Morgan fingerprint density at radius 2 is 2.00 bits per heavy atom. The molecular formula is C20H30FN4O2S+. The molecule has 2 aliphatic heterocycles. The number of urea groups is 1. The van der Waals surface area contributed by atoms with E-state index in [2.05, 4.69) is 5.32 Å². The predicted molar refractivity (Wildman–Crippen MR) is 109 cm³/mol. The van der Waals surface area contributed by atoms with Gasteiger partial charge in [-0.1, -0.05) is 25.1 Å². The molecule has 0 unspecified atom stereocenters. The topological polar surface area (TPSA) is 57.1 Å². The van der Waals surface area contributed by atoms with E-state index in [1.54, 1.807) is 23.9 Å². The minimum atomic E-state index is -0.255. The minimum absolute atomic E-state index is 0.00178. The van der Waals surface area contributed by atoms with Crippen LogP contribution in [0.2, 0.25) is 0 Å². The van der Waals surface area contributed by atoms with Crippen LogP contribution in [0.3, 0.4) is 0 Å². The van der Waals surface area contributed by atoms with E-state index in [9.17, 15) is 14.0 Å². The van der Waals surface area contributed by atoms with Gasteiger partial charge in [0.2, 0.25) is 5.91 Å². The molecule has 2 aliphatic rings. The molecular weight excluding hydrogens is 379 g/mol. The number of piperazine rings is 1. The number of amides is 3. The van der Waals surface area contributed by atoms with Gasteiger partial charge in [-0.05, 0) is 19.4 Å². The zero-order valence-electron chi connectivity index (χ0n) is 16.6. The molecule has 6 nitrogen and oxygen atoms in total. The average molecular weight is 410 g/mol. The molecule has 28 heavy (non-hydrogen) atoms. The molecule has 0 spiro atoms. The zero-order valence-corrected chi connectivity index (χ0v) is 17.4. The number of rotatable bonds is 6. The fraction of sp³-hybridized carbons (Fsp3) is 0.600. The van der Waals surface area contributed by atoms with Crippen LogP contribution in [0, 0.1) is 5.82 Å². The summed E-state index contributed by atoms with van der Waals surface area (Å²) in [6.45, 7) is 9.16. The molecule has 2 N–H and O–H groups in total. The summed E-state index contributed by atoms with van der Waals surface area (Å²) in [7, 11) is 0. The number of hydrogen-bond donors (Lipinski definition) is 2. The Morgan fingerprint density at radius 3 is 2.64 bits per heavy atom. The molecule has 1 aromatic rings. The fourth-order valence-electron chi connectivity index (χ4n) is 3.82. The summed E-state index contributed by atoms with van der Waals surface area (Å²) < 4.78 is 14.3. The molecule has 2 heterocycles. The van der Waals surface area contributed by atoms with Crippen molar-refractivity contribution in [1.29, 1.82) is 0 Å². The number of hydrogen-bond acceptors (Lipinski definition) is 3. The van der Waals surface area contributed by atoms with Gasteiger partial charge in [-0.2, -0.15) is 0 Å². The van der Waals surface area contributed by atoms with Crippen LogP contribution in [0.25, 0.3) is 0 Å². The Hall–Kier alpha value is -1.80. The maximum absolute atomic E-state index is 14.3. The highest BCUT2D eigenvalue weighted by Gasteiger charge is 2.41. The van der Waals surface area contributed by atoms with Gasteiger partial charge < -0.3 is 20.0 Å². The third-order valence-corrected chi connectivity index (χ3v) is 7.10. The summed E-state index contributed by atoms with van der Waals surface area (Å²) in [5, 5.41) is 2.48. The summed E-state index contributed by atoms with van der Waals surface area (Å²) in [5.74, 6) is -0.140. The van der Waals surface area contributed by atoms with E-state index >= 15 is 0 Å². The van der Waals surface area contributed by atoms with E-state index in [0.29, 0.717) is 18.7 Å². The molecule has 2 saturated heterocycles. The van der Waals surface area contributed by atoms with Gasteiger partial charge in [0.25, 0.3) is 0 Å². The summed E-state index contributed by atoms with van der Waals surface area (Å²) in [6.07, 6.45) is 0.753. The van der Waals surface area contributed by atoms with Gasteiger partial charge in [-0.15, -0.1) is 11.8 Å². The van der Waals surface area contributed by atoms with Crippen molar-refractivity contribution in [2.75, 3.05) is 45.8 Å². The van der Waals surface area contributed by atoms with Gasteiger partial charge in [0, 0.05) is 12.1 Å². The SMILES string of the molecule is CCNC(=O)N1CC[NH+](CCN2C(=O)[C@H](CC)S[C@@H]2c2ccccc2F)CC1. The van der Waals surface area contributed by atoms with Crippen molar-refractivity contribution in [2.45, 2.75) is 30.9 Å². The number of halogens is 1. The first kappa shape index (κ1) is 20.9. The lowest BCUT2D eigenvalue weighted by molar-refractivity contribution is -0.903. The van der Waals surface area contributed by atoms with Gasteiger partial charge in [-0.3, -0.25) is 4.79 Å². The summed E-state index contributed by atoms with van der Waals surface area (Å²) >= 11 is 1.56. The van der Waals surface area contributed by atoms with Crippen LogP contribution in [0.4, 0.5) is 9.18 Å². The zero-order chi connectivity index (χ0) is 20.1. The molecule has 2 fully saturated rings. The van der Waals surface area contributed by atoms with Crippen molar-refractivity contribution < 1.29 is 18.9 Å². The van der Waals surface area contributed by atoms with Gasteiger partial charge in [0.05, 0.1) is 44.5 Å². The lowest BCUT2D eigenvalue weighted by atomic mass is 10.2. The monoisotopic (exact) mass is 409 g/mol. The standard InChI is InChI=1S/C20H29FN4O2S/c1-3-17-18(26)25(19(28-17)15-7-5-6-8-16(15)21)14-11-23-9-12-24(13-10-23)20(27)22-4-2/h5-8,17,19H,3-4,9-14H2,1-2H3,(H,22,27)/p+1/t17-,19+/m0/s1. The van der Waals surface area contributed by atoms with Gasteiger partial charge >= 0.3 is 6.03 Å². The second-order valence-corrected chi connectivity index (χ2v) is 8.55. The van der Waals surface area contributed by atoms with Crippen molar-refractivity contribution in [2.24, 2.45) is 0 Å². The summed E-state index contributed by atoms with van der Waals surface area (Å²) in [5.41, 5.74) is 0.591.